The molecule has 0 unspecified atom stereocenters. The van der Waals surface area contributed by atoms with Gasteiger partial charge < -0.3 is 14.8 Å². The molecule has 0 bridgehead atoms. The molecular formula is C32H28N2O4S. The molecule has 5 rings (SSSR count). The number of thiophene rings is 1. The number of carbonyl (C=O) groups is 2. The fraction of sp³-hybridized carbons (Fsp3) is 0.156. The van der Waals surface area contributed by atoms with Gasteiger partial charge in [-0.3, -0.25) is 4.79 Å². The number of ether oxygens (including phenoxy) is 2. The topological polar surface area (TPSA) is 77.5 Å². The van der Waals surface area contributed by atoms with Crippen LogP contribution in [-0.2, 0) is 11.2 Å². The minimum absolute atomic E-state index is 0.0743. The lowest BCUT2D eigenvalue weighted by atomic mass is 10.0. The van der Waals surface area contributed by atoms with Crippen LogP contribution in [0, 0.1) is 0 Å². The summed E-state index contributed by atoms with van der Waals surface area (Å²) in [4.78, 5) is 32.0. The van der Waals surface area contributed by atoms with Gasteiger partial charge >= 0.3 is 5.97 Å². The van der Waals surface area contributed by atoms with Gasteiger partial charge in [0.15, 0.2) is 0 Å². The van der Waals surface area contributed by atoms with E-state index < -0.39 is 5.97 Å². The molecule has 0 aliphatic carbocycles. The summed E-state index contributed by atoms with van der Waals surface area (Å²) in [6.45, 7) is 3.96. The van der Waals surface area contributed by atoms with Crippen LogP contribution in [0.5, 0.6) is 5.75 Å². The molecule has 1 amide bonds. The zero-order valence-electron chi connectivity index (χ0n) is 21.9. The van der Waals surface area contributed by atoms with Crippen LogP contribution in [-0.4, -0.2) is 30.1 Å². The summed E-state index contributed by atoms with van der Waals surface area (Å²) < 4.78 is 10.8. The van der Waals surface area contributed by atoms with Crippen LogP contribution in [0.25, 0.3) is 22.2 Å². The first-order valence-corrected chi connectivity index (χ1v) is 13.5. The Hall–Kier alpha value is -4.49. The van der Waals surface area contributed by atoms with E-state index in [1.165, 1.54) is 18.4 Å². The number of amides is 1. The fourth-order valence-corrected chi connectivity index (χ4v) is 5.41. The van der Waals surface area contributed by atoms with Gasteiger partial charge in [-0.1, -0.05) is 48.5 Å². The predicted molar refractivity (Wildman–Crippen MR) is 156 cm³/mol. The van der Waals surface area contributed by atoms with Gasteiger partial charge in [-0.2, -0.15) is 0 Å². The van der Waals surface area contributed by atoms with Crippen LogP contribution < -0.4 is 10.1 Å². The number of hydrogen-bond acceptors (Lipinski definition) is 6. The number of hydrogen-bond donors (Lipinski definition) is 1. The molecule has 0 spiro atoms. The first kappa shape index (κ1) is 26.1. The zero-order valence-corrected chi connectivity index (χ0v) is 22.7. The summed E-state index contributed by atoms with van der Waals surface area (Å²) in [5, 5.41) is 4.16. The molecule has 196 valence electrons. The smallest absolute Gasteiger partial charge is 0.340 e. The maximum absolute atomic E-state index is 13.7. The molecule has 0 aliphatic rings. The number of methoxy groups -OCH3 is 1. The van der Waals surface area contributed by atoms with Crippen molar-refractivity contribution in [2.24, 2.45) is 0 Å². The van der Waals surface area contributed by atoms with Crippen molar-refractivity contribution in [1.82, 2.24) is 4.98 Å². The third-order valence-electron chi connectivity index (χ3n) is 6.12. The minimum atomic E-state index is -0.496. The van der Waals surface area contributed by atoms with Crippen molar-refractivity contribution in [3.63, 3.8) is 0 Å². The van der Waals surface area contributed by atoms with Gasteiger partial charge in [0.05, 0.1) is 35.6 Å². The van der Waals surface area contributed by atoms with E-state index in [1.807, 2.05) is 92.7 Å². The molecule has 39 heavy (non-hydrogen) atoms. The van der Waals surface area contributed by atoms with E-state index in [2.05, 4.69) is 5.32 Å². The Morgan fingerprint density at radius 1 is 0.897 bits per heavy atom. The SMILES string of the molecule is COC(=O)c1cc(Cc2ccccc2)sc1NC(=O)c1cc(-c2ccc(OC(C)C)cc2)nc2ccccc12. The van der Waals surface area contributed by atoms with Crippen molar-refractivity contribution in [2.75, 3.05) is 12.4 Å². The first-order chi connectivity index (χ1) is 18.9. The second-order valence-corrected chi connectivity index (χ2v) is 10.5. The van der Waals surface area contributed by atoms with Crippen molar-refractivity contribution >= 4 is 39.1 Å². The lowest BCUT2D eigenvalue weighted by Gasteiger charge is -2.12. The number of nitrogens with zero attached hydrogens (tertiary/aromatic N) is 1. The van der Waals surface area contributed by atoms with E-state index >= 15 is 0 Å². The Morgan fingerprint density at radius 2 is 1.62 bits per heavy atom. The highest BCUT2D eigenvalue weighted by atomic mass is 32.1. The van der Waals surface area contributed by atoms with E-state index in [0.29, 0.717) is 33.8 Å². The number of benzene rings is 3. The lowest BCUT2D eigenvalue weighted by molar-refractivity contribution is 0.0602. The quantitative estimate of drug-likeness (QED) is 0.209. The van der Waals surface area contributed by atoms with Crippen LogP contribution >= 0.6 is 11.3 Å². The number of nitrogens with one attached hydrogen (secondary N) is 1. The standard InChI is InChI=1S/C32H28N2O4S/c1-20(2)38-23-15-13-22(14-16-23)29-19-26(25-11-7-8-12-28(25)33-29)30(35)34-31-27(32(36)37-3)18-24(39-31)17-21-9-5-4-6-10-21/h4-16,18-20H,17H2,1-3H3,(H,34,35). The number of para-hydroxylation sites is 1. The molecule has 7 heteroatoms. The van der Waals surface area contributed by atoms with Crippen molar-refractivity contribution in [2.45, 2.75) is 26.4 Å². The molecule has 0 atom stereocenters. The van der Waals surface area contributed by atoms with Crippen LogP contribution in [0.4, 0.5) is 5.00 Å². The predicted octanol–water partition coefficient (Wildman–Crippen LogP) is 7.38. The molecule has 5 aromatic rings. The van der Waals surface area contributed by atoms with Gasteiger partial charge in [0.2, 0.25) is 0 Å². The first-order valence-electron chi connectivity index (χ1n) is 12.6. The van der Waals surface area contributed by atoms with Crippen LogP contribution in [0.3, 0.4) is 0 Å². The second kappa shape index (κ2) is 11.5. The number of rotatable bonds is 8. The average Bonchev–Trinajstić information content (AvgIpc) is 3.34. The summed E-state index contributed by atoms with van der Waals surface area (Å²) in [6, 6.07) is 28.7. The van der Waals surface area contributed by atoms with Crippen molar-refractivity contribution < 1.29 is 19.1 Å². The molecule has 0 radical (unpaired) electrons. The van der Waals surface area contributed by atoms with E-state index in [0.717, 1.165) is 27.1 Å². The zero-order chi connectivity index (χ0) is 27.4. The molecule has 0 fully saturated rings. The van der Waals surface area contributed by atoms with Gasteiger partial charge in [-0.25, -0.2) is 9.78 Å². The molecular weight excluding hydrogens is 508 g/mol. The van der Waals surface area contributed by atoms with Gasteiger partial charge in [0.25, 0.3) is 5.91 Å². The molecule has 0 saturated carbocycles. The van der Waals surface area contributed by atoms with E-state index in [-0.39, 0.29) is 12.0 Å². The minimum Gasteiger partial charge on any atom is -0.491 e. The lowest BCUT2D eigenvalue weighted by Crippen LogP contribution is -2.14. The Morgan fingerprint density at radius 3 is 2.33 bits per heavy atom. The Labute approximate surface area is 231 Å². The largest absolute Gasteiger partial charge is 0.491 e. The summed E-state index contributed by atoms with van der Waals surface area (Å²) in [6.07, 6.45) is 0.717. The van der Waals surface area contributed by atoms with Crippen molar-refractivity contribution in [1.29, 1.82) is 0 Å². The summed E-state index contributed by atoms with van der Waals surface area (Å²) in [5.74, 6) is -0.0513. The molecule has 6 nitrogen and oxygen atoms in total. The maximum atomic E-state index is 13.7. The highest BCUT2D eigenvalue weighted by Crippen LogP contribution is 2.32. The van der Waals surface area contributed by atoms with Crippen LogP contribution in [0.15, 0.2) is 91.0 Å². The summed E-state index contributed by atoms with van der Waals surface area (Å²) in [7, 11) is 1.34. The number of fused-ring (bicyclic) bond motifs is 1. The van der Waals surface area contributed by atoms with E-state index in [4.69, 9.17) is 14.5 Å². The average molecular weight is 537 g/mol. The molecule has 0 aliphatic heterocycles. The second-order valence-electron chi connectivity index (χ2n) is 9.33. The Bertz CT molecular complexity index is 1630. The van der Waals surface area contributed by atoms with Gasteiger partial charge in [-0.05, 0) is 61.9 Å². The van der Waals surface area contributed by atoms with E-state index in [9.17, 15) is 9.59 Å². The molecule has 1 N–H and O–H groups in total. The molecule has 0 saturated heterocycles. The Balaban J connectivity index is 1.49. The number of pyridine rings is 1. The third kappa shape index (κ3) is 5.99. The van der Waals surface area contributed by atoms with Gasteiger partial charge in [-0.15, -0.1) is 11.3 Å². The van der Waals surface area contributed by atoms with Crippen molar-refractivity contribution in [3.8, 4) is 17.0 Å². The van der Waals surface area contributed by atoms with Gasteiger partial charge in [0.1, 0.15) is 10.8 Å². The number of carbonyl (C=O) groups excluding carboxylic acids is 2. The molecule has 2 heterocycles. The molecule has 3 aromatic carbocycles. The highest BCUT2D eigenvalue weighted by molar-refractivity contribution is 7.16. The fourth-order valence-electron chi connectivity index (χ4n) is 4.34. The number of anilines is 1. The molecule has 2 aromatic heterocycles. The highest BCUT2D eigenvalue weighted by Gasteiger charge is 2.21. The Kier molecular flexibility index (Phi) is 7.70. The maximum Gasteiger partial charge on any atom is 0.340 e. The third-order valence-corrected chi connectivity index (χ3v) is 7.17. The number of esters is 1. The normalized spacial score (nSPS) is 11.0. The van der Waals surface area contributed by atoms with Crippen LogP contribution in [0.1, 0.15) is 45.0 Å². The summed E-state index contributed by atoms with van der Waals surface area (Å²) >= 11 is 1.37. The van der Waals surface area contributed by atoms with E-state index in [1.54, 1.807) is 12.1 Å². The number of aromatic nitrogens is 1. The monoisotopic (exact) mass is 536 g/mol. The van der Waals surface area contributed by atoms with Crippen LogP contribution in [0.2, 0.25) is 0 Å². The summed E-state index contributed by atoms with van der Waals surface area (Å²) in [5.41, 5.74) is 4.14. The van der Waals surface area contributed by atoms with Gasteiger partial charge in [0, 0.05) is 22.2 Å². The van der Waals surface area contributed by atoms with Crippen molar-refractivity contribution in [3.05, 3.63) is 113 Å².